The predicted molar refractivity (Wildman–Crippen MR) is 76.9 cm³/mol. The van der Waals surface area contributed by atoms with E-state index in [2.05, 4.69) is 0 Å². The summed E-state index contributed by atoms with van der Waals surface area (Å²) < 4.78 is 11.1. The normalized spacial score (nSPS) is 13.7. The van der Waals surface area contributed by atoms with E-state index in [0.29, 0.717) is 40.9 Å². The minimum atomic E-state index is -0.0580. The van der Waals surface area contributed by atoms with Crippen LogP contribution in [0.15, 0.2) is 42.5 Å². The lowest BCUT2D eigenvalue weighted by atomic mass is 10.0. The average Bonchev–Trinajstić information content (AvgIpc) is 2.71. The summed E-state index contributed by atoms with van der Waals surface area (Å²) >= 11 is 5.83. The van der Waals surface area contributed by atoms with E-state index in [4.69, 9.17) is 21.1 Å². The Morgan fingerprint density at radius 2 is 1.55 bits per heavy atom. The summed E-state index contributed by atoms with van der Waals surface area (Å²) in [6, 6.07) is 12.1. The van der Waals surface area contributed by atoms with Gasteiger partial charge in [-0.2, -0.15) is 0 Å². The van der Waals surface area contributed by atoms with E-state index in [9.17, 15) is 4.79 Å². The monoisotopic (exact) mass is 288 g/mol. The van der Waals surface area contributed by atoms with Gasteiger partial charge in [0.1, 0.15) is 0 Å². The van der Waals surface area contributed by atoms with Crippen LogP contribution in [-0.2, 0) is 0 Å². The maximum atomic E-state index is 12.4. The molecule has 4 heteroatoms. The molecule has 0 aliphatic carbocycles. The summed E-state index contributed by atoms with van der Waals surface area (Å²) in [4.78, 5) is 12.4. The van der Waals surface area contributed by atoms with Gasteiger partial charge in [-0.05, 0) is 42.5 Å². The number of benzene rings is 2. The number of rotatable bonds is 2. The molecular formula is C16H13ClO3. The lowest BCUT2D eigenvalue weighted by molar-refractivity contribution is 0.103. The van der Waals surface area contributed by atoms with Crippen molar-refractivity contribution in [2.24, 2.45) is 0 Å². The number of ether oxygens (including phenoxy) is 2. The number of carbonyl (C=O) groups is 1. The van der Waals surface area contributed by atoms with Crippen LogP contribution in [0.25, 0.3) is 0 Å². The first-order valence-corrected chi connectivity index (χ1v) is 6.82. The minimum Gasteiger partial charge on any atom is -0.490 e. The van der Waals surface area contributed by atoms with Gasteiger partial charge in [0.25, 0.3) is 0 Å². The van der Waals surface area contributed by atoms with Crippen molar-refractivity contribution < 1.29 is 14.3 Å². The van der Waals surface area contributed by atoms with Crippen LogP contribution in [0, 0.1) is 0 Å². The molecule has 1 heterocycles. The highest BCUT2D eigenvalue weighted by Crippen LogP contribution is 2.31. The van der Waals surface area contributed by atoms with E-state index in [1.165, 1.54) is 0 Å². The number of ketones is 1. The van der Waals surface area contributed by atoms with Gasteiger partial charge in [-0.1, -0.05) is 11.6 Å². The van der Waals surface area contributed by atoms with E-state index >= 15 is 0 Å². The summed E-state index contributed by atoms with van der Waals surface area (Å²) in [6.45, 7) is 1.24. The van der Waals surface area contributed by atoms with Gasteiger partial charge in [0.2, 0.25) is 0 Å². The van der Waals surface area contributed by atoms with Crippen molar-refractivity contribution in [1.29, 1.82) is 0 Å². The van der Waals surface area contributed by atoms with Gasteiger partial charge in [-0.25, -0.2) is 0 Å². The van der Waals surface area contributed by atoms with Crippen LogP contribution in [0.5, 0.6) is 11.5 Å². The van der Waals surface area contributed by atoms with Crippen LogP contribution in [-0.4, -0.2) is 19.0 Å². The third-order valence-electron chi connectivity index (χ3n) is 3.12. The maximum absolute atomic E-state index is 12.4. The molecule has 0 fully saturated rings. The van der Waals surface area contributed by atoms with Crippen LogP contribution in [0.1, 0.15) is 22.3 Å². The van der Waals surface area contributed by atoms with Crippen molar-refractivity contribution in [3.05, 3.63) is 58.6 Å². The Labute approximate surface area is 122 Å². The highest BCUT2D eigenvalue weighted by molar-refractivity contribution is 6.30. The van der Waals surface area contributed by atoms with Crippen LogP contribution in [0.4, 0.5) is 0 Å². The molecule has 3 rings (SSSR count). The quantitative estimate of drug-likeness (QED) is 0.790. The van der Waals surface area contributed by atoms with Crippen LogP contribution < -0.4 is 9.47 Å². The summed E-state index contributed by atoms with van der Waals surface area (Å²) in [6.07, 6.45) is 0.842. The second-order valence-electron chi connectivity index (χ2n) is 4.55. The van der Waals surface area contributed by atoms with Crippen molar-refractivity contribution in [3.8, 4) is 11.5 Å². The molecule has 102 valence electrons. The largest absolute Gasteiger partial charge is 0.490 e. The molecule has 0 saturated heterocycles. The van der Waals surface area contributed by atoms with Gasteiger partial charge in [-0.15, -0.1) is 0 Å². The molecule has 0 N–H and O–H groups in total. The molecule has 2 aromatic carbocycles. The highest BCUT2D eigenvalue weighted by Gasteiger charge is 2.15. The summed E-state index contributed by atoms with van der Waals surface area (Å²) in [5.41, 5.74) is 1.18. The Bertz CT molecular complexity index is 635. The zero-order valence-electron chi connectivity index (χ0n) is 10.8. The Kier molecular flexibility index (Phi) is 3.61. The summed E-state index contributed by atoms with van der Waals surface area (Å²) in [5.74, 6) is 1.26. The van der Waals surface area contributed by atoms with Crippen molar-refractivity contribution >= 4 is 17.4 Å². The fourth-order valence-corrected chi connectivity index (χ4v) is 2.20. The summed E-state index contributed by atoms with van der Waals surface area (Å²) in [5, 5.41) is 0.611. The number of carbonyl (C=O) groups excluding carboxylic acids is 1. The van der Waals surface area contributed by atoms with Gasteiger partial charge in [0.05, 0.1) is 13.2 Å². The van der Waals surface area contributed by atoms with Gasteiger partial charge in [0.15, 0.2) is 17.3 Å². The highest BCUT2D eigenvalue weighted by atomic mass is 35.5. The fraction of sp³-hybridized carbons (Fsp3) is 0.188. The fourth-order valence-electron chi connectivity index (χ4n) is 2.07. The van der Waals surface area contributed by atoms with Crippen LogP contribution in [0.2, 0.25) is 5.02 Å². The lowest BCUT2D eigenvalue weighted by Crippen LogP contribution is -2.02. The van der Waals surface area contributed by atoms with Gasteiger partial charge in [0, 0.05) is 22.6 Å². The molecule has 1 aliphatic rings. The smallest absolute Gasteiger partial charge is 0.193 e. The second kappa shape index (κ2) is 5.55. The standard InChI is InChI=1S/C16H13ClO3/c17-13-5-2-11(3-6-13)16(18)12-4-7-14-15(10-12)20-9-1-8-19-14/h2-7,10H,1,8-9H2. The lowest BCUT2D eigenvalue weighted by Gasteiger charge is -2.09. The first-order valence-electron chi connectivity index (χ1n) is 6.44. The molecule has 0 radical (unpaired) electrons. The molecule has 1 aliphatic heterocycles. The maximum Gasteiger partial charge on any atom is 0.193 e. The Morgan fingerprint density at radius 1 is 0.900 bits per heavy atom. The van der Waals surface area contributed by atoms with E-state index in [0.717, 1.165) is 6.42 Å². The van der Waals surface area contributed by atoms with Crippen molar-refractivity contribution in [1.82, 2.24) is 0 Å². The Hall–Kier alpha value is -2.00. The van der Waals surface area contributed by atoms with Gasteiger partial charge in [-0.3, -0.25) is 4.79 Å². The average molecular weight is 289 g/mol. The molecule has 3 nitrogen and oxygen atoms in total. The van der Waals surface area contributed by atoms with Crippen molar-refractivity contribution in [3.63, 3.8) is 0 Å². The molecule has 20 heavy (non-hydrogen) atoms. The number of hydrogen-bond acceptors (Lipinski definition) is 3. The third-order valence-corrected chi connectivity index (χ3v) is 3.37. The number of halogens is 1. The predicted octanol–water partition coefficient (Wildman–Crippen LogP) is 3.73. The third kappa shape index (κ3) is 2.63. The molecule has 0 amide bonds. The molecular weight excluding hydrogens is 276 g/mol. The number of hydrogen-bond donors (Lipinski definition) is 0. The zero-order valence-corrected chi connectivity index (χ0v) is 11.5. The molecule has 0 atom stereocenters. The van der Waals surface area contributed by atoms with Crippen LogP contribution in [0.3, 0.4) is 0 Å². The summed E-state index contributed by atoms with van der Waals surface area (Å²) in [7, 11) is 0. The van der Waals surface area contributed by atoms with Gasteiger partial charge < -0.3 is 9.47 Å². The SMILES string of the molecule is O=C(c1ccc(Cl)cc1)c1ccc2c(c1)OCCCO2. The molecule has 0 aromatic heterocycles. The first kappa shape index (κ1) is 13.0. The van der Waals surface area contributed by atoms with Crippen LogP contribution >= 0.6 is 11.6 Å². The molecule has 0 saturated carbocycles. The van der Waals surface area contributed by atoms with Crippen molar-refractivity contribution in [2.45, 2.75) is 6.42 Å². The van der Waals surface area contributed by atoms with Gasteiger partial charge >= 0.3 is 0 Å². The molecule has 0 unspecified atom stereocenters. The van der Waals surface area contributed by atoms with E-state index in [-0.39, 0.29) is 5.78 Å². The first-order chi connectivity index (χ1) is 9.74. The van der Waals surface area contributed by atoms with E-state index in [1.807, 2.05) is 0 Å². The molecule has 0 spiro atoms. The molecule has 0 bridgehead atoms. The van der Waals surface area contributed by atoms with Crippen molar-refractivity contribution in [2.75, 3.05) is 13.2 Å². The minimum absolute atomic E-state index is 0.0580. The molecule has 2 aromatic rings. The topological polar surface area (TPSA) is 35.5 Å². The zero-order chi connectivity index (χ0) is 13.9. The van der Waals surface area contributed by atoms with E-state index in [1.54, 1.807) is 42.5 Å². The number of fused-ring (bicyclic) bond motifs is 1. The van der Waals surface area contributed by atoms with E-state index < -0.39 is 0 Å². The second-order valence-corrected chi connectivity index (χ2v) is 4.98. The Balaban J connectivity index is 1.92. The Morgan fingerprint density at radius 3 is 2.30 bits per heavy atom.